The largest absolute Gasteiger partial charge is 0.481 e. The van der Waals surface area contributed by atoms with Crippen molar-refractivity contribution in [2.75, 3.05) is 19.7 Å². The molecule has 3 N–H and O–H groups in total. The second-order valence-electron chi connectivity index (χ2n) is 6.60. The predicted molar refractivity (Wildman–Crippen MR) is 77.9 cm³/mol. The minimum Gasteiger partial charge on any atom is -0.481 e. The van der Waals surface area contributed by atoms with E-state index in [1.807, 2.05) is 0 Å². The van der Waals surface area contributed by atoms with Crippen LogP contribution in [0.15, 0.2) is 0 Å². The molecule has 21 heavy (non-hydrogen) atoms. The SMILES string of the molecule is CC1CCC(CNC(=O)N2CCCC2CO)(C(=O)O)CC1. The van der Waals surface area contributed by atoms with Gasteiger partial charge in [-0.05, 0) is 44.4 Å². The maximum Gasteiger partial charge on any atom is 0.317 e. The summed E-state index contributed by atoms with van der Waals surface area (Å²) in [7, 11) is 0. The van der Waals surface area contributed by atoms with Crippen LogP contribution in [0.4, 0.5) is 4.79 Å². The quantitative estimate of drug-likeness (QED) is 0.732. The second-order valence-corrected chi connectivity index (χ2v) is 6.60. The van der Waals surface area contributed by atoms with E-state index in [0.717, 1.165) is 25.7 Å². The van der Waals surface area contributed by atoms with Crippen molar-refractivity contribution in [2.24, 2.45) is 11.3 Å². The van der Waals surface area contributed by atoms with Crippen LogP contribution in [0.25, 0.3) is 0 Å². The molecule has 2 amide bonds. The first-order chi connectivity index (χ1) is 9.98. The zero-order chi connectivity index (χ0) is 15.5. The van der Waals surface area contributed by atoms with Crippen molar-refractivity contribution in [2.45, 2.75) is 51.5 Å². The first-order valence-corrected chi connectivity index (χ1v) is 7.87. The molecule has 0 aromatic carbocycles. The molecule has 0 radical (unpaired) electrons. The standard InChI is InChI=1S/C15H26N2O4/c1-11-4-6-15(7-5-11,13(19)20)10-16-14(21)17-8-2-3-12(17)9-18/h11-12,18H,2-10H2,1H3,(H,16,21)(H,19,20). The van der Waals surface area contributed by atoms with Crippen molar-refractivity contribution in [1.82, 2.24) is 10.2 Å². The van der Waals surface area contributed by atoms with E-state index in [-0.39, 0.29) is 25.2 Å². The molecule has 1 aliphatic heterocycles. The average Bonchev–Trinajstić information content (AvgIpc) is 2.95. The molecular weight excluding hydrogens is 272 g/mol. The highest BCUT2D eigenvalue weighted by atomic mass is 16.4. The number of amides is 2. The van der Waals surface area contributed by atoms with E-state index in [9.17, 15) is 19.8 Å². The Morgan fingerprint density at radius 2 is 1.95 bits per heavy atom. The number of urea groups is 1. The van der Waals surface area contributed by atoms with Gasteiger partial charge in [-0.3, -0.25) is 4.79 Å². The lowest BCUT2D eigenvalue weighted by atomic mass is 9.71. The van der Waals surface area contributed by atoms with Crippen molar-refractivity contribution >= 4 is 12.0 Å². The van der Waals surface area contributed by atoms with E-state index in [1.165, 1.54) is 0 Å². The molecule has 2 aliphatic rings. The topological polar surface area (TPSA) is 89.9 Å². The average molecular weight is 298 g/mol. The van der Waals surface area contributed by atoms with Gasteiger partial charge in [0.1, 0.15) is 0 Å². The molecule has 120 valence electrons. The van der Waals surface area contributed by atoms with Crippen LogP contribution in [0.2, 0.25) is 0 Å². The number of carboxylic acids is 1. The molecule has 6 nitrogen and oxygen atoms in total. The molecule has 1 saturated carbocycles. The fourth-order valence-electron chi connectivity index (χ4n) is 3.42. The number of carbonyl (C=O) groups is 2. The Balaban J connectivity index is 1.93. The van der Waals surface area contributed by atoms with Crippen LogP contribution in [0.5, 0.6) is 0 Å². The highest BCUT2D eigenvalue weighted by Crippen LogP contribution is 2.38. The number of nitrogens with one attached hydrogen (secondary N) is 1. The number of carboxylic acid groups (broad SMARTS) is 1. The van der Waals surface area contributed by atoms with Gasteiger partial charge in [0.05, 0.1) is 18.1 Å². The summed E-state index contributed by atoms with van der Waals surface area (Å²) in [6.45, 7) is 2.92. The number of nitrogens with zero attached hydrogens (tertiary/aromatic N) is 1. The lowest BCUT2D eigenvalue weighted by Crippen LogP contribution is -2.50. The molecule has 1 saturated heterocycles. The van der Waals surface area contributed by atoms with Gasteiger partial charge in [-0.1, -0.05) is 6.92 Å². The number of hydrogen-bond acceptors (Lipinski definition) is 3. The Bertz CT molecular complexity index is 391. The van der Waals surface area contributed by atoms with E-state index in [0.29, 0.717) is 25.3 Å². The zero-order valence-corrected chi connectivity index (χ0v) is 12.7. The lowest BCUT2D eigenvalue weighted by molar-refractivity contribution is -0.151. The molecule has 2 fully saturated rings. The maximum atomic E-state index is 12.2. The number of carbonyl (C=O) groups excluding carboxylic acids is 1. The number of aliphatic hydroxyl groups excluding tert-OH is 1. The van der Waals surface area contributed by atoms with Gasteiger partial charge in [0.15, 0.2) is 0 Å². The fraction of sp³-hybridized carbons (Fsp3) is 0.867. The van der Waals surface area contributed by atoms with E-state index in [4.69, 9.17) is 0 Å². The first-order valence-electron chi connectivity index (χ1n) is 7.87. The monoisotopic (exact) mass is 298 g/mol. The highest BCUT2D eigenvalue weighted by molar-refractivity contribution is 5.78. The highest BCUT2D eigenvalue weighted by Gasteiger charge is 2.42. The van der Waals surface area contributed by atoms with Crippen LogP contribution in [0.1, 0.15) is 45.4 Å². The number of likely N-dealkylation sites (tertiary alicyclic amines) is 1. The Kier molecular flexibility index (Phi) is 5.08. The molecule has 1 unspecified atom stereocenters. The van der Waals surface area contributed by atoms with Gasteiger partial charge < -0.3 is 20.4 Å². The summed E-state index contributed by atoms with van der Waals surface area (Å²) in [5.41, 5.74) is -0.823. The molecule has 2 rings (SSSR count). The van der Waals surface area contributed by atoms with E-state index in [2.05, 4.69) is 12.2 Å². The van der Waals surface area contributed by atoms with Crippen LogP contribution in [-0.2, 0) is 4.79 Å². The van der Waals surface area contributed by atoms with E-state index >= 15 is 0 Å². The summed E-state index contributed by atoms with van der Waals surface area (Å²) in [5, 5.41) is 21.6. The van der Waals surface area contributed by atoms with Crippen LogP contribution >= 0.6 is 0 Å². The summed E-state index contributed by atoms with van der Waals surface area (Å²) in [6.07, 6.45) is 4.72. The van der Waals surface area contributed by atoms with Crippen molar-refractivity contribution in [1.29, 1.82) is 0 Å². The van der Waals surface area contributed by atoms with Gasteiger partial charge in [-0.25, -0.2) is 4.79 Å². The van der Waals surface area contributed by atoms with Crippen molar-refractivity contribution in [3.05, 3.63) is 0 Å². The predicted octanol–water partition coefficient (Wildman–Crippen LogP) is 1.43. The van der Waals surface area contributed by atoms with Crippen LogP contribution in [0.3, 0.4) is 0 Å². The fourth-order valence-corrected chi connectivity index (χ4v) is 3.42. The van der Waals surface area contributed by atoms with Crippen LogP contribution in [-0.4, -0.2) is 52.9 Å². The van der Waals surface area contributed by atoms with Gasteiger partial charge in [-0.15, -0.1) is 0 Å². The molecule has 0 aromatic heterocycles. The molecule has 1 heterocycles. The van der Waals surface area contributed by atoms with Crippen molar-refractivity contribution in [3.63, 3.8) is 0 Å². The van der Waals surface area contributed by atoms with Crippen LogP contribution in [0, 0.1) is 11.3 Å². The Morgan fingerprint density at radius 3 is 2.52 bits per heavy atom. The van der Waals surface area contributed by atoms with E-state index < -0.39 is 11.4 Å². The van der Waals surface area contributed by atoms with Gasteiger partial charge >= 0.3 is 12.0 Å². The Hall–Kier alpha value is -1.30. The maximum absolute atomic E-state index is 12.2. The second kappa shape index (κ2) is 6.64. The number of hydrogen-bond donors (Lipinski definition) is 3. The smallest absolute Gasteiger partial charge is 0.317 e. The summed E-state index contributed by atoms with van der Waals surface area (Å²) in [6, 6.07) is -0.372. The third kappa shape index (κ3) is 3.48. The lowest BCUT2D eigenvalue weighted by Gasteiger charge is -2.36. The van der Waals surface area contributed by atoms with Gasteiger partial charge in [0.25, 0.3) is 0 Å². The third-order valence-electron chi connectivity index (χ3n) is 5.11. The molecule has 6 heteroatoms. The van der Waals surface area contributed by atoms with Crippen molar-refractivity contribution < 1.29 is 19.8 Å². The molecule has 0 aromatic rings. The number of rotatable bonds is 4. The number of aliphatic hydroxyl groups is 1. The summed E-state index contributed by atoms with van der Waals surface area (Å²) >= 11 is 0. The normalized spacial score (nSPS) is 33.0. The van der Waals surface area contributed by atoms with Crippen LogP contribution < -0.4 is 5.32 Å². The van der Waals surface area contributed by atoms with E-state index in [1.54, 1.807) is 4.90 Å². The minimum absolute atomic E-state index is 0.0327. The molecule has 0 spiro atoms. The van der Waals surface area contributed by atoms with Gasteiger partial charge in [0, 0.05) is 13.1 Å². The zero-order valence-electron chi connectivity index (χ0n) is 12.7. The first kappa shape index (κ1) is 16.1. The third-order valence-corrected chi connectivity index (χ3v) is 5.11. The Morgan fingerprint density at radius 1 is 1.29 bits per heavy atom. The summed E-state index contributed by atoms with van der Waals surface area (Å²) < 4.78 is 0. The molecule has 0 bridgehead atoms. The molecule has 1 aliphatic carbocycles. The Labute approximate surface area is 125 Å². The molecular formula is C15H26N2O4. The number of aliphatic carboxylic acids is 1. The van der Waals surface area contributed by atoms with Gasteiger partial charge in [0.2, 0.25) is 0 Å². The summed E-state index contributed by atoms with van der Waals surface area (Å²) in [4.78, 5) is 25.5. The van der Waals surface area contributed by atoms with Gasteiger partial charge in [-0.2, -0.15) is 0 Å². The van der Waals surface area contributed by atoms with Crippen molar-refractivity contribution in [3.8, 4) is 0 Å². The minimum atomic E-state index is -0.823. The molecule has 1 atom stereocenters. The summed E-state index contributed by atoms with van der Waals surface area (Å²) in [5.74, 6) is -0.250.